The fourth-order valence-electron chi connectivity index (χ4n) is 1.87. The van der Waals surface area contributed by atoms with Crippen molar-refractivity contribution in [3.8, 4) is 11.8 Å². The first kappa shape index (κ1) is 14.9. The van der Waals surface area contributed by atoms with Crippen molar-refractivity contribution in [1.29, 1.82) is 0 Å². The van der Waals surface area contributed by atoms with Crippen LogP contribution in [0.5, 0.6) is 0 Å². The summed E-state index contributed by atoms with van der Waals surface area (Å²) in [4.78, 5) is 13.9. The molecule has 1 aromatic heterocycles. The van der Waals surface area contributed by atoms with Crippen LogP contribution >= 0.6 is 0 Å². The van der Waals surface area contributed by atoms with Crippen molar-refractivity contribution in [2.75, 3.05) is 13.7 Å². The van der Waals surface area contributed by atoms with E-state index in [1.165, 1.54) is 0 Å². The van der Waals surface area contributed by atoms with E-state index in [-0.39, 0.29) is 12.5 Å². The van der Waals surface area contributed by atoms with Crippen molar-refractivity contribution in [2.24, 2.45) is 0 Å². The highest BCUT2D eigenvalue weighted by Crippen LogP contribution is 2.10. The smallest absolute Gasteiger partial charge is 0.253 e. The first-order valence-electron chi connectivity index (χ1n) is 6.67. The van der Waals surface area contributed by atoms with Crippen molar-refractivity contribution in [2.45, 2.75) is 13.0 Å². The predicted octanol–water partition coefficient (Wildman–Crippen LogP) is 2.29. The van der Waals surface area contributed by atoms with Crippen LogP contribution in [0.25, 0.3) is 0 Å². The molecule has 0 bridgehead atoms. The maximum Gasteiger partial charge on any atom is 0.253 e. The molecule has 1 heterocycles. The zero-order valence-electron chi connectivity index (χ0n) is 11.9. The van der Waals surface area contributed by atoms with Gasteiger partial charge in [0.15, 0.2) is 0 Å². The Morgan fingerprint density at radius 3 is 2.67 bits per heavy atom. The van der Waals surface area contributed by atoms with E-state index in [1.54, 1.807) is 36.6 Å². The molecule has 0 aliphatic heterocycles. The molecule has 2 rings (SSSR count). The lowest BCUT2D eigenvalue weighted by molar-refractivity contribution is 0.0785. The Hall–Kier alpha value is -2.51. The number of hydrogen-bond donors (Lipinski definition) is 1. The Morgan fingerprint density at radius 2 is 2.05 bits per heavy atom. The third kappa shape index (κ3) is 4.23. The number of nitrogens with zero attached hydrogens (tertiary/aromatic N) is 1. The van der Waals surface area contributed by atoms with Gasteiger partial charge in [-0.2, -0.15) is 0 Å². The van der Waals surface area contributed by atoms with E-state index in [4.69, 9.17) is 9.52 Å². The van der Waals surface area contributed by atoms with Crippen LogP contribution in [0, 0.1) is 11.8 Å². The zero-order valence-corrected chi connectivity index (χ0v) is 11.9. The van der Waals surface area contributed by atoms with Gasteiger partial charge < -0.3 is 14.4 Å². The number of furan rings is 1. The fourth-order valence-corrected chi connectivity index (χ4v) is 1.87. The Labute approximate surface area is 124 Å². The van der Waals surface area contributed by atoms with Gasteiger partial charge in [0.05, 0.1) is 19.1 Å². The van der Waals surface area contributed by atoms with Gasteiger partial charge in [0.1, 0.15) is 0 Å². The van der Waals surface area contributed by atoms with Gasteiger partial charge in [-0.05, 0) is 30.3 Å². The van der Waals surface area contributed by atoms with Gasteiger partial charge in [-0.1, -0.05) is 11.8 Å². The molecule has 0 fully saturated rings. The summed E-state index contributed by atoms with van der Waals surface area (Å²) in [6, 6.07) is 8.98. The first-order chi connectivity index (χ1) is 10.2. The average molecular weight is 283 g/mol. The molecule has 4 nitrogen and oxygen atoms in total. The van der Waals surface area contributed by atoms with Crippen molar-refractivity contribution >= 4 is 5.91 Å². The maximum atomic E-state index is 12.3. The summed E-state index contributed by atoms with van der Waals surface area (Å²) in [6.07, 6.45) is 3.67. The van der Waals surface area contributed by atoms with E-state index >= 15 is 0 Å². The molecule has 2 aromatic rings. The number of rotatable bonds is 4. The van der Waals surface area contributed by atoms with Gasteiger partial charge in [0.25, 0.3) is 5.91 Å². The number of aliphatic hydroxyl groups is 1. The van der Waals surface area contributed by atoms with Crippen LogP contribution in [-0.2, 0) is 6.54 Å². The van der Waals surface area contributed by atoms with E-state index in [1.807, 2.05) is 18.2 Å². The average Bonchev–Trinajstić information content (AvgIpc) is 3.00. The van der Waals surface area contributed by atoms with Crippen LogP contribution in [0.15, 0.2) is 47.3 Å². The van der Waals surface area contributed by atoms with E-state index in [0.29, 0.717) is 18.5 Å². The molecule has 0 saturated carbocycles. The molecule has 0 aliphatic carbocycles. The quantitative estimate of drug-likeness (QED) is 0.876. The normalized spacial score (nSPS) is 9.81. The van der Waals surface area contributed by atoms with Gasteiger partial charge in [-0.25, -0.2) is 0 Å². The highest BCUT2D eigenvalue weighted by Gasteiger charge is 2.12. The van der Waals surface area contributed by atoms with Gasteiger partial charge >= 0.3 is 0 Å². The highest BCUT2D eigenvalue weighted by molar-refractivity contribution is 5.94. The number of amides is 1. The summed E-state index contributed by atoms with van der Waals surface area (Å²) in [6.45, 7) is 0.565. The van der Waals surface area contributed by atoms with Crippen LogP contribution in [0.4, 0.5) is 0 Å². The Kier molecular flexibility index (Phi) is 5.19. The van der Waals surface area contributed by atoms with Crippen LogP contribution in [0.3, 0.4) is 0 Å². The van der Waals surface area contributed by atoms with Crippen LogP contribution in [0.2, 0.25) is 0 Å². The molecule has 0 saturated heterocycles. The Balaban J connectivity index is 2.01. The molecule has 4 heteroatoms. The van der Waals surface area contributed by atoms with E-state index in [0.717, 1.165) is 11.1 Å². The highest BCUT2D eigenvalue weighted by atomic mass is 16.3. The van der Waals surface area contributed by atoms with Crippen molar-refractivity contribution in [1.82, 2.24) is 4.90 Å². The van der Waals surface area contributed by atoms with E-state index in [9.17, 15) is 4.79 Å². The molecule has 1 amide bonds. The summed E-state index contributed by atoms with van der Waals surface area (Å²) in [7, 11) is 1.75. The van der Waals surface area contributed by atoms with Gasteiger partial charge in [0.2, 0.25) is 0 Å². The summed E-state index contributed by atoms with van der Waals surface area (Å²) in [5, 5.41) is 8.67. The van der Waals surface area contributed by atoms with Crippen LogP contribution < -0.4 is 0 Å². The summed E-state index contributed by atoms with van der Waals surface area (Å²) >= 11 is 0. The van der Waals surface area contributed by atoms with Gasteiger partial charge in [0, 0.05) is 36.7 Å². The van der Waals surface area contributed by atoms with Crippen molar-refractivity contribution in [3.05, 3.63) is 59.5 Å². The second-order valence-corrected chi connectivity index (χ2v) is 4.65. The molecule has 0 radical (unpaired) electrons. The molecule has 0 spiro atoms. The SMILES string of the molecule is CN(Cc1ccoc1)C(=O)c1ccc(C#CCCO)cc1. The number of benzene rings is 1. The third-order valence-electron chi connectivity index (χ3n) is 2.95. The molecule has 1 aromatic carbocycles. The topological polar surface area (TPSA) is 53.7 Å². The lowest BCUT2D eigenvalue weighted by Gasteiger charge is -2.16. The minimum atomic E-state index is -0.0499. The molecular weight excluding hydrogens is 266 g/mol. The van der Waals surface area contributed by atoms with Crippen LogP contribution in [0.1, 0.15) is 27.9 Å². The number of aliphatic hydroxyl groups excluding tert-OH is 1. The zero-order chi connectivity index (χ0) is 15.1. The van der Waals surface area contributed by atoms with E-state index < -0.39 is 0 Å². The monoisotopic (exact) mass is 283 g/mol. The Bertz CT molecular complexity index is 633. The second kappa shape index (κ2) is 7.32. The summed E-state index contributed by atoms with van der Waals surface area (Å²) in [5.74, 6) is 5.73. The first-order valence-corrected chi connectivity index (χ1v) is 6.67. The minimum absolute atomic E-state index is 0.0499. The van der Waals surface area contributed by atoms with E-state index in [2.05, 4.69) is 11.8 Å². The van der Waals surface area contributed by atoms with Crippen molar-refractivity contribution < 1.29 is 14.3 Å². The second-order valence-electron chi connectivity index (χ2n) is 4.65. The number of hydrogen-bond acceptors (Lipinski definition) is 3. The fraction of sp³-hybridized carbons (Fsp3) is 0.235. The Morgan fingerprint density at radius 1 is 1.29 bits per heavy atom. The summed E-state index contributed by atoms with van der Waals surface area (Å²) in [5.41, 5.74) is 2.41. The lowest BCUT2D eigenvalue weighted by atomic mass is 10.1. The number of carbonyl (C=O) groups is 1. The van der Waals surface area contributed by atoms with Crippen molar-refractivity contribution in [3.63, 3.8) is 0 Å². The molecule has 1 N–H and O–H groups in total. The van der Waals surface area contributed by atoms with Gasteiger partial charge in [-0.15, -0.1) is 0 Å². The molecule has 0 atom stereocenters. The molecular formula is C17H17NO3. The number of carbonyl (C=O) groups excluding carboxylic acids is 1. The van der Waals surface area contributed by atoms with Gasteiger partial charge in [-0.3, -0.25) is 4.79 Å². The molecule has 0 aliphatic rings. The molecule has 0 unspecified atom stereocenters. The molecule has 21 heavy (non-hydrogen) atoms. The summed E-state index contributed by atoms with van der Waals surface area (Å²) < 4.78 is 4.99. The lowest BCUT2D eigenvalue weighted by Crippen LogP contribution is -2.25. The van der Waals surface area contributed by atoms with Crippen LogP contribution in [-0.4, -0.2) is 29.6 Å². The minimum Gasteiger partial charge on any atom is -0.472 e. The molecule has 108 valence electrons. The maximum absolute atomic E-state index is 12.3. The third-order valence-corrected chi connectivity index (χ3v) is 2.95. The predicted molar refractivity (Wildman–Crippen MR) is 79.5 cm³/mol. The largest absolute Gasteiger partial charge is 0.472 e. The standard InChI is InChI=1S/C17H17NO3/c1-18(12-15-9-11-21-13-15)17(20)16-7-5-14(6-8-16)4-2-3-10-19/h5-9,11,13,19H,3,10,12H2,1H3.